The van der Waals surface area contributed by atoms with E-state index >= 15 is 0 Å². The Balaban J connectivity index is 1.81. The predicted molar refractivity (Wildman–Crippen MR) is 104 cm³/mol. The molecule has 0 fully saturated rings. The molecule has 0 saturated heterocycles. The van der Waals surface area contributed by atoms with Crippen molar-refractivity contribution in [3.63, 3.8) is 0 Å². The van der Waals surface area contributed by atoms with Crippen LogP contribution < -0.4 is 15.8 Å². The summed E-state index contributed by atoms with van der Waals surface area (Å²) in [7, 11) is 1.89. The molecular formula is C22H21FN2O2. The predicted octanol–water partition coefficient (Wildman–Crippen LogP) is 5.12. The number of nitrogens with one attached hydrogen (secondary N) is 1. The number of halogens is 1. The van der Waals surface area contributed by atoms with E-state index in [1.54, 1.807) is 12.1 Å². The maximum atomic E-state index is 13.4. The summed E-state index contributed by atoms with van der Waals surface area (Å²) in [5, 5.41) is 3.25. The molecule has 3 N–H and O–H groups in total. The molecule has 0 amide bonds. The van der Waals surface area contributed by atoms with Crippen LogP contribution >= 0.6 is 0 Å². The molecule has 0 saturated carbocycles. The number of benzene rings is 2. The Kier molecular flexibility index (Phi) is 4.24. The third-order valence-corrected chi connectivity index (χ3v) is 4.75. The van der Waals surface area contributed by atoms with Crippen molar-refractivity contribution < 1.29 is 13.5 Å². The second-order valence-corrected chi connectivity index (χ2v) is 6.75. The summed E-state index contributed by atoms with van der Waals surface area (Å²) >= 11 is 0. The van der Waals surface area contributed by atoms with Gasteiger partial charge in [-0.2, -0.15) is 0 Å². The Hall–Kier alpha value is -3.05. The lowest BCUT2D eigenvalue weighted by Crippen LogP contribution is -2.11. The normalized spacial score (nSPS) is 15.6. The maximum Gasteiger partial charge on any atom is 0.135 e. The van der Waals surface area contributed by atoms with Gasteiger partial charge < -0.3 is 20.2 Å². The molecule has 1 heterocycles. The number of hydrogen-bond acceptors (Lipinski definition) is 4. The molecule has 1 atom stereocenters. The average molecular weight is 364 g/mol. The minimum absolute atomic E-state index is 0.00876. The molecule has 5 heteroatoms. The van der Waals surface area contributed by atoms with Gasteiger partial charge in [0.2, 0.25) is 0 Å². The Morgan fingerprint density at radius 3 is 2.56 bits per heavy atom. The van der Waals surface area contributed by atoms with Gasteiger partial charge in [-0.1, -0.05) is 6.08 Å². The fourth-order valence-corrected chi connectivity index (χ4v) is 3.45. The summed E-state index contributed by atoms with van der Waals surface area (Å²) in [5.74, 6) is 2.72. The van der Waals surface area contributed by atoms with Crippen LogP contribution in [0.4, 0.5) is 10.1 Å². The van der Waals surface area contributed by atoms with Crippen LogP contribution in [0, 0.1) is 19.7 Å². The molecule has 27 heavy (non-hydrogen) atoms. The van der Waals surface area contributed by atoms with Crippen molar-refractivity contribution in [1.82, 2.24) is 5.32 Å². The molecule has 0 radical (unpaired) electrons. The average Bonchev–Trinajstić information content (AvgIpc) is 3.16. The second-order valence-electron chi connectivity index (χ2n) is 6.75. The van der Waals surface area contributed by atoms with Crippen LogP contribution in [0.5, 0.6) is 11.5 Å². The summed E-state index contributed by atoms with van der Waals surface area (Å²) < 4.78 is 25.4. The highest BCUT2D eigenvalue weighted by atomic mass is 19.1. The van der Waals surface area contributed by atoms with Gasteiger partial charge in [-0.25, -0.2) is 4.39 Å². The van der Waals surface area contributed by atoms with Gasteiger partial charge in [0, 0.05) is 16.8 Å². The van der Waals surface area contributed by atoms with E-state index in [0.29, 0.717) is 17.2 Å². The molecule has 4 rings (SSSR count). The number of aryl methyl sites for hydroxylation is 2. The molecule has 0 bridgehead atoms. The minimum Gasteiger partial charge on any atom is -0.464 e. The van der Waals surface area contributed by atoms with Crippen molar-refractivity contribution in [2.45, 2.75) is 19.9 Å². The van der Waals surface area contributed by atoms with Gasteiger partial charge in [-0.05, 0) is 74.5 Å². The highest BCUT2D eigenvalue weighted by molar-refractivity contribution is 5.88. The monoisotopic (exact) mass is 364 g/mol. The number of ether oxygens (including phenoxy) is 1. The third kappa shape index (κ3) is 3.11. The second kappa shape index (κ2) is 6.59. The number of furan rings is 1. The third-order valence-electron chi connectivity index (χ3n) is 4.75. The first-order valence-electron chi connectivity index (χ1n) is 8.80. The number of likely N-dealkylation sites (N-methyl/N-ethyl adjacent to an activating group) is 1. The Labute approximate surface area is 157 Å². The number of hydrogen-bond donors (Lipinski definition) is 2. The topological polar surface area (TPSA) is 60.4 Å². The quantitative estimate of drug-likeness (QED) is 0.631. The first kappa shape index (κ1) is 17.4. The lowest BCUT2D eigenvalue weighted by molar-refractivity contribution is 0.452. The highest BCUT2D eigenvalue weighted by Gasteiger charge is 2.29. The van der Waals surface area contributed by atoms with Crippen LogP contribution in [0.3, 0.4) is 0 Å². The molecule has 0 spiro atoms. The number of nitrogen functional groups attached to an aromatic ring is 1. The molecule has 1 unspecified atom stereocenters. The first-order chi connectivity index (χ1) is 13.0. The molecule has 1 aromatic heterocycles. The van der Waals surface area contributed by atoms with Crippen molar-refractivity contribution in [3.05, 3.63) is 82.6 Å². The van der Waals surface area contributed by atoms with Gasteiger partial charge in [0.1, 0.15) is 28.8 Å². The van der Waals surface area contributed by atoms with Crippen molar-refractivity contribution >= 4 is 11.3 Å². The summed E-state index contributed by atoms with van der Waals surface area (Å²) in [6, 6.07) is 12.0. The van der Waals surface area contributed by atoms with Crippen LogP contribution in [0.2, 0.25) is 0 Å². The van der Waals surface area contributed by atoms with Crippen molar-refractivity contribution in [2.24, 2.45) is 0 Å². The van der Waals surface area contributed by atoms with E-state index in [0.717, 1.165) is 33.8 Å². The number of nitrogens with two attached hydrogens (primary N) is 1. The largest absolute Gasteiger partial charge is 0.464 e. The van der Waals surface area contributed by atoms with E-state index < -0.39 is 0 Å². The summed E-state index contributed by atoms with van der Waals surface area (Å²) in [6.07, 6.45) is 2.10. The van der Waals surface area contributed by atoms with E-state index in [-0.39, 0.29) is 11.9 Å². The molecular weight excluding hydrogens is 343 g/mol. The maximum absolute atomic E-state index is 13.4. The van der Waals surface area contributed by atoms with Crippen LogP contribution in [0.25, 0.3) is 5.57 Å². The Bertz CT molecular complexity index is 1050. The van der Waals surface area contributed by atoms with Crippen molar-refractivity contribution in [1.29, 1.82) is 0 Å². The molecule has 0 aliphatic heterocycles. The molecule has 2 aromatic carbocycles. The van der Waals surface area contributed by atoms with E-state index in [1.165, 1.54) is 12.1 Å². The number of fused-ring (bicyclic) bond motifs is 1. The lowest BCUT2D eigenvalue weighted by atomic mass is 10.00. The smallest absolute Gasteiger partial charge is 0.135 e. The van der Waals surface area contributed by atoms with Gasteiger partial charge in [0.05, 0.1) is 6.04 Å². The minimum atomic E-state index is -0.286. The van der Waals surface area contributed by atoms with Crippen molar-refractivity contribution in [2.75, 3.05) is 12.8 Å². The zero-order chi connectivity index (χ0) is 19.1. The van der Waals surface area contributed by atoms with Crippen LogP contribution in [-0.4, -0.2) is 7.05 Å². The standard InChI is InChI=1S/C22H21FN2O2/c1-12-8-14(23)4-6-20(12)27-21-7-5-15(24)10-17(21)16-11-19(25-3)22-18(16)9-13(2)26-22/h4-11,19,25H,24H2,1-3H3. The molecule has 1 aliphatic carbocycles. The number of rotatable bonds is 4. The Morgan fingerprint density at radius 1 is 1.04 bits per heavy atom. The van der Waals surface area contributed by atoms with E-state index in [1.807, 2.05) is 39.1 Å². The van der Waals surface area contributed by atoms with Gasteiger partial charge in [-0.15, -0.1) is 0 Å². The zero-order valence-corrected chi connectivity index (χ0v) is 15.5. The summed E-state index contributed by atoms with van der Waals surface area (Å²) in [6.45, 7) is 3.75. The SMILES string of the molecule is CNC1C=C(c2cc(N)ccc2Oc2ccc(F)cc2C)c2cc(C)oc21. The van der Waals surface area contributed by atoms with Crippen LogP contribution in [0.1, 0.15) is 34.3 Å². The number of anilines is 1. The molecule has 4 nitrogen and oxygen atoms in total. The first-order valence-corrected chi connectivity index (χ1v) is 8.80. The molecule has 1 aliphatic rings. The van der Waals surface area contributed by atoms with E-state index in [2.05, 4.69) is 11.4 Å². The van der Waals surface area contributed by atoms with E-state index in [9.17, 15) is 4.39 Å². The van der Waals surface area contributed by atoms with E-state index in [4.69, 9.17) is 14.9 Å². The Morgan fingerprint density at radius 2 is 1.81 bits per heavy atom. The molecule has 3 aromatic rings. The fraction of sp³-hybridized carbons (Fsp3) is 0.182. The zero-order valence-electron chi connectivity index (χ0n) is 15.5. The fourth-order valence-electron chi connectivity index (χ4n) is 3.45. The van der Waals surface area contributed by atoms with Gasteiger partial charge in [0.25, 0.3) is 0 Å². The van der Waals surface area contributed by atoms with Crippen molar-refractivity contribution in [3.8, 4) is 11.5 Å². The lowest BCUT2D eigenvalue weighted by Gasteiger charge is -2.14. The summed E-state index contributed by atoms with van der Waals surface area (Å²) in [5.41, 5.74) is 10.3. The van der Waals surface area contributed by atoms with Gasteiger partial charge in [-0.3, -0.25) is 0 Å². The van der Waals surface area contributed by atoms with Gasteiger partial charge >= 0.3 is 0 Å². The van der Waals surface area contributed by atoms with Crippen LogP contribution in [0.15, 0.2) is 53.0 Å². The molecule has 138 valence electrons. The van der Waals surface area contributed by atoms with Gasteiger partial charge in [0.15, 0.2) is 0 Å². The van der Waals surface area contributed by atoms with Crippen LogP contribution in [-0.2, 0) is 0 Å². The highest BCUT2D eigenvalue weighted by Crippen LogP contribution is 2.44. The summed E-state index contributed by atoms with van der Waals surface area (Å²) in [4.78, 5) is 0.